The summed E-state index contributed by atoms with van der Waals surface area (Å²) >= 11 is 0. The molecule has 146 valence electrons. The highest BCUT2D eigenvalue weighted by Gasteiger charge is 2.59. The van der Waals surface area contributed by atoms with Crippen molar-refractivity contribution in [2.24, 2.45) is 0 Å². The molecule has 2 rings (SSSR count). The van der Waals surface area contributed by atoms with Gasteiger partial charge in [-0.3, -0.25) is 0 Å². The fourth-order valence-corrected chi connectivity index (χ4v) is 15.6. The zero-order valence-electron chi connectivity index (χ0n) is 17.4. The van der Waals surface area contributed by atoms with Crippen LogP contribution >= 0.6 is 0 Å². The maximum atomic E-state index is 7.14. The minimum absolute atomic E-state index is 0.0133. The van der Waals surface area contributed by atoms with Crippen molar-refractivity contribution in [3.8, 4) is 0 Å². The Hall–Kier alpha value is 0.0138. The average Bonchev–Trinajstić information content (AvgIpc) is 2.87. The molecule has 0 aliphatic carbocycles. The number of fused-ring (bicyclic) bond motifs is 1. The Morgan fingerprint density at radius 3 is 1.80 bits per heavy atom. The van der Waals surface area contributed by atoms with Crippen LogP contribution in [0, 0.1) is 0 Å². The van der Waals surface area contributed by atoms with Crippen LogP contribution in [0.4, 0.5) is 0 Å². The maximum absolute atomic E-state index is 7.14. The smallest absolute Gasteiger partial charge is 0.335 e. The Morgan fingerprint density at radius 2 is 1.36 bits per heavy atom. The Kier molecular flexibility index (Phi) is 6.77. The van der Waals surface area contributed by atoms with Gasteiger partial charge < -0.3 is 17.7 Å². The lowest BCUT2D eigenvalue weighted by atomic mass is 10.1. The van der Waals surface area contributed by atoms with Crippen molar-refractivity contribution < 1.29 is 17.7 Å². The summed E-state index contributed by atoms with van der Waals surface area (Å²) in [4.78, 5) is 0. The fourth-order valence-electron chi connectivity index (χ4n) is 4.33. The minimum Gasteiger partial charge on any atom is -0.414 e. The largest absolute Gasteiger partial charge is 0.414 e. The maximum Gasteiger partial charge on any atom is 0.335 e. The van der Waals surface area contributed by atoms with Gasteiger partial charge in [0.25, 0.3) is 0 Å². The Labute approximate surface area is 156 Å². The van der Waals surface area contributed by atoms with E-state index in [0.29, 0.717) is 28.8 Å². The van der Waals surface area contributed by atoms with Gasteiger partial charge in [0, 0.05) is 6.42 Å². The molecule has 0 spiro atoms. The molecule has 0 N–H and O–H groups in total. The first-order valence-electron chi connectivity index (χ1n) is 9.89. The summed E-state index contributed by atoms with van der Waals surface area (Å²) in [6.45, 7) is 22.5. The number of ether oxygens (including phenoxy) is 1. The molecular formula is C19H38O4Si2. The van der Waals surface area contributed by atoms with Crippen LogP contribution in [0.15, 0.2) is 12.7 Å². The first kappa shape index (κ1) is 21.3. The lowest BCUT2D eigenvalue weighted by molar-refractivity contribution is -0.0298. The standard InChI is InChI=1S/C19H38O4Si2/c1-10-17-11-18-19(21-17)12-20-24(13(2)3,14(4)5)23-25(22-18,15(6)7)16(8)9/h10,13-19H,1,11-12H2,2-9H3/t17-,18+,19-/m1/s1. The summed E-state index contributed by atoms with van der Waals surface area (Å²) in [5.41, 5.74) is 1.46. The molecule has 0 aromatic rings. The molecule has 0 bridgehead atoms. The van der Waals surface area contributed by atoms with E-state index in [1.165, 1.54) is 0 Å². The van der Waals surface area contributed by atoms with Crippen LogP contribution in [0.2, 0.25) is 22.2 Å². The zero-order valence-corrected chi connectivity index (χ0v) is 19.4. The number of hydrogen-bond donors (Lipinski definition) is 0. The van der Waals surface area contributed by atoms with Crippen molar-refractivity contribution >= 4 is 17.1 Å². The molecule has 0 aromatic heterocycles. The summed E-state index contributed by atoms with van der Waals surface area (Å²) in [5, 5.41) is 0. The average molecular weight is 387 g/mol. The molecular weight excluding hydrogens is 348 g/mol. The van der Waals surface area contributed by atoms with Crippen LogP contribution in [0.5, 0.6) is 0 Å². The van der Waals surface area contributed by atoms with Crippen molar-refractivity contribution in [2.45, 2.75) is 102 Å². The van der Waals surface area contributed by atoms with Crippen molar-refractivity contribution in [2.75, 3.05) is 6.61 Å². The van der Waals surface area contributed by atoms with Crippen molar-refractivity contribution in [3.63, 3.8) is 0 Å². The first-order chi connectivity index (χ1) is 11.6. The third-order valence-electron chi connectivity index (χ3n) is 5.84. The van der Waals surface area contributed by atoms with E-state index in [4.69, 9.17) is 17.7 Å². The topological polar surface area (TPSA) is 36.9 Å². The molecule has 6 heteroatoms. The van der Waals surface area contributed by atoms with E-state index in [9.17, 15) is 0 Å². The van der Waals surface area contributed by atoms with Crippen molar-refractivity contribution in [3.05, 3.63) is 12.7 Å². The van der Waals surface area contributed by atoms with Crippen LogP contribution in [0.3, 0.4) is 0 Å². The Balaban J connectivity index is 2.49. The van der Waals surface area contributed by atoms with Gasteiger partial charge in [-0.25, -0.2) is 0 Å². The normalized spacial score (nSPS) is 32.1. The highest BCUT2D eigenvalue weighted by atomic mass is 28.5. The van der Waals surface area contributed by atoms with E-state index < -0.39 is 17.1 Å². The molecule has 2 fully saturated rings. The van der Waals surface area contributed by atoms with E-state index in [1.54, 1.807) is 0 Å². The van der Waals surface area contributed by atoms with Gasteiger partial charge in [-0.05, 0) is 22.2 Å². The van der Waals surface area contributed by atoms with Gasteiger partial charge in [0.2, 0.25) is 0 Å². The van der Waals surface area contributed by atoms with Crippen LogP contribution in [0.1, 0.15) is 61.8 Å². The van der Waals surface area contributed by atoms with Gasteiger partial charge in [0.15, 0.2) is 0 Å². The minimum atomic E-state index is -2.49. The quantitative estimate of drug-likeness (QED) is 0.475. The van der Waals surface area contributed by atoms with Crippen LogP contribution in [-0.4, -0.2) is 42.0 Å². The molecule has 0 saturated carbocycles. The number of rotatable bonds is 5. The second kappa shape index (κ2) is 7.94. The zero-order chi connectivity index (χ0) is 19.0. The molecule has 2 heterocycles. The van der Waals surface area contributed by atoms with E-state index in [0.717, 1.165) is 6.42 Å². The summed E-state index contributed by atoms with van der Waals surface area (Å²) in [6, 6.07) is 0. The molecule has 3 atom stereocenters. The van der Waals surface area contributed by atoms with Gasteiger partial charge in [-0.15, -0.1) is 6.58 Å². The summed E-state index contributed by atoms with van der Waals surface area (Å²) < 4.78 is 26.9. The molecule has 25 heavy (non-hydrogen) atoms. The summed E-state index contributed by atoms with van der Waals surface area (Å²) in [7, 11) is -4.93. The number of hydrogen-bond acceptors (Lipinski definition) is 4. The molecule has 4 nitrogen and oxygen atoms in total. The van der Waals surface area contributed by atoms with Gasteiger partial charge in [-0.2, -0.15) is 0 Å². The second-order valence-electron chi connectivity index (χ2n) is 8.82. The monoisotopic (exact) mass is 386 g/mol. The third-order valence-corrected chi connectivity index (χ3v) is 16.1. The second-order valence-corrected chi connectivity index (χ2v) is 17.7. The predicted molar refractivity (Wildman–Crippen MR) is 107 cm³/mol. The third kappa shape index (κ3) is 3.85. The van der Waals surface area contributed by atoms with E-state index in [1.807, 2.05) is 6.08 Å². The fraction of sp³-hybridized carbons (Fsp3) is 0.895. The molecule has 0 radical (unpaired) electrons. The van der Waals surface area contributed by atoms with E-state index >= 15 is 0 Å². The Bertz CT molecular complexity index is 448. The predicted octanol–water partition coefficient (Wildman–Crippen LogP) is 5.29. The molecule has 0 aromatic carbocycles. The van der Waals surface area contributed by atoms with Crippen LogP contribution in [0.25, 0.3) is 0 Å². The highest BCUT2D eigenvalue weighted by Crippen LogP contribution is 2.47. The lowest BCUT2D eigenvalue weighted by Gasteiger charge is -2.51. The molecule has 2 aliphatic rings. The van der Waals surface area contributed by atoms with E-state index in [-0.39, 0.29) is 18.3 Å². The van der Waals surface area contributed by atoms with E-state index in [2.05, 4.69) is 62.0 Å². The van der Waals surface area contributed by atoms with Crippen molar-refractivity contribution in [1.82, 2.24) is 0 Å². The Morgan fingerprint density at radius 1 is 0.840 bits per heavy atom. The van der Waals surface area contributed by atoms with Gasteiger partial charge in [0.05, 0.1) is 18.8 Å². The summed E-state index contributed by atoms with van der Waals surface area (Å²) in [6.07, 6.45) is 2.83. The molecule has 0 unspecified atom stereocenters. The molecule has 2 saturated heterocycles. The lowest BCUT2D eigenvalue weighted by Crippen LogP contribution is -2.65. The SMILES string of the molecule is C=C[C@@H]1C[C@@H]2O[Si](C(C)C)(C(C)C)O[Si](C(C)C)(C(C)C)OC[C@H]2O1. The van der Waals surface area contributed by atoms with Gasteiger partial charge in [0.1, 0.15) is 6.10 Å². The van der Waals surface area contributed by atoms with Gasteiger partial charge in [-0.1, -0.05) is 61.5 Å². The van der Waals surface area contributed by atoms with Crippen LogP contribution in [-0.2, 0) is 17.7 Å². The first-order valence-corrected chi connectivity index (χ1v) is 13.8. The molecule has 2 aliphatic heterocycles. The van der Waals surface area contributed by atoms with Gasteiger partial charge >= 0.3 is 17.1 Å². The summed E-state index contributed by atoms with van der Waals surface area (Å²) in [5.74, 6) is 0. The highest BCUT2D eigenvalue weighted by molar-refractivity contribution is 6.83. The van der Waals surface area contributed by atoms with Crippen LogP contribution < -0.4 is 0 Å². The van der Waals surface area contributed by atoms with Crippen molar-refractivity contribution in [1.29, 1.82) is 0 Å². The molecule has 0 amide bonds.